The van der Waals surface area contributed by atoms with E-state index >= 15 is 0 Å². The van der Waals surface area contributed by atoms with Crippen LogP contribution in [0.25, 0.3) is 11.1 Å². The summed E-state index contributed by atoms with van der Waals surface area (Å²) in [6, 6.07) is 12.9. The number of carbonyl (C=O) groups excluding carboxylic acids is 2. The summed E-state index contributed by atoms with van der Waals surface area (Å²) in [7, 11) is -2.41. The predicted octanol–water partition coefficient (Wildman–Crippen LogP) is 1.55. The van der Waals surface area contributed by atoms with Gasteiger partial charge in [-0.15, -0.1) is 0 Å². The van der Waals surface area contributed by atoms with Gasteiger partial charge in [-0.1, -0.05) is 42.0 Å². The Hall–Kier alpha value is -2.77. The molecule has 0 radical (unpaired) electrons. The summed E-state index contributed by atoms with van der Waals surface area (Å²) in [4.78, 5) is 26.1. The molecule has 0 fully saturated rings. The van der Waals surface area contributed by atoms with E-state index in [2.05, 4.69) is 0 Å². The number of hydrogen-bond acceptors (Lipinski definition) is 4. The number of aryl methyl sites for hydroxylation is 1. The van der Waals surface area contributed by atoms with Crippen LogP contribution in [0.3, 0.4) is 0 Å². The molecule has 0 saturated carbocycles. The summed E-state index contributed by atoms with van der Waals surface area (Å²) in [5, 5.41) is 5.10. The van der Waals surface area contributed by atoms with Gasteiger partial charge in [0.1, 0.15) is 0 Å². The van der Waals surface area contributed by atoms with E-state index in [0.29, 0.717) is 16.7 Å². The molecule has 6 nitrogen and oxygen atoms in total. The largest absolute Gasteiger partial charge is 0.277 e. The lowest BCUT2D eigenvalue weighted by molar-refractivity contribution is -0.134. The average Bonchev–Trinajstić information content (AvgIpc) is 2.79. The second-order valence-corrected chi connectivity index (χ2v) is 7.42. The van der Waals surface area contributed by atoms with Crippen molar-refractivity contribution in [3.63, 3.8) is 0 Å². The number of nitrogens with two attached hydrogens (primary N) is 1. The molecule has 0 atom stereocenters. The second-order valence-electron chi connectivity index (χ2n) is 5.85. The Kier molecular flexibility index (Phi) is 4.06. The van der Waals surface area contributed by atoms with Crippen molar-refractivity contribution in [2.45, 2.75) is 11.8 Å². The van der Waals surface area contributed by atoms with Gasteiger partial charge in [-0.2, -0.15) is 0 Å². The van der Waals surface area contributed by atoms with Crippen LogP contribution in [0.1, 0.15) is 16.7 Å². The normalized spacial score (nSPS) is 15.2. The number of imide groups is 1. The van der Waals surface area contributed by atoms with E-state index in [9.17, 15) is 18.0 Å². The highest BCUT2D eigenvalue weighted by molar-refractivity contribution is 7.89. The summed E-state index contributed by atoms with van der Waals surface area (Å²) < 4.78 is 22.8. The summed E-state index contributed by atoms with van der Waals surface area (Å²) in [6.07, 6.45) is 0. The highest BCUT2D eigenvalue weighted by atomic mass is 32.2. The summed E-state index contributed by atoms with van der Waals surface area (Å²) in [6.45, 7) is 1.93. The Morgan fingerprint density at radius 2 is 1.20 bits per heavy atom. The van der Waals surface area contributed by atoms with Gasteiger partial charge in [0.25, 0.3) is 11.8 Å². The zero-order valence-corrected chi connectivity index (χ0v) is 14.5. The van der Waals surface area contributed by atoms with E-state index < -0.39 is 15.9 Å². The Labute approximate surface area is 145 Å². The molecule has 2 amide bonds. The monoisotopic (exact) mass is 356 g/mol. The Morgan fingerprint density at radius 3 is 1.60 bits per heavy atom. The maximum atomic E-state index is 12.6. The third kappa shape index (κ3) is 2.99. The SMILES string of the molecule is Cc1ccc(C2=C(c3ccc(S(N)(=O)=O)cc3)C(=O)N(C)C2=O)cc1. The highest BCUT2D eigenvalue weighted by Gasteiger charge is 2.37. The maximum absolute atomic E-state index is 12.6. The second kappa shape index (κ2) is 5.94. The van der Waals surface area contributed by atoms with Crippen molar-refractivity contribution < 1.29 is 18.0 Å². The number of amides is 2. The number of nitrogens with zero attached hydrogens (tertiary/aromatic N) is 1. The number of benzene rings is 2. The smallest absolute Gasteiger partial charge is 0.261 e. The van der Waals surface area contributed by atoms with E-state index in [1.54, 1.807) is 12.1 Å². The summed E-state index contributed by atoms with van der Waals surface area (Å²) in [5.41, 5.74) is 2.69. The topological polar surface area (TPSA) is 97.5 Å². The van der Waals surface area contributed by atoms with Crippen molar-refractivity contribution in [3.05, 3.63) is 65.2 Å². The van der Waals surface area contributed by atoms with E-state index in [4.69, 9.17) is 5.14 Å². The molecule has 25 heavy (non-hydrogen) atoms. The quantitative estimate of drug-likeness (QED) is 0.844. The van der Waals surface area contributed by atoms with Gasteiger partial charge in [-0.25, -0.2) is 13.6 Å². The fourth-order valence-electron chi connectivity index (χ4n) is 2.71. The first-order chi connectivity index (χ1) is 11.7. The molecule has 2 aromatic carbocycles. The van der Waals surface area contributed by atoms with E-state index in [-0.39, 0.29) is 16.4 Å². The van der Waals surface area contributed by atoms with Crippen molar-refractivity contribution >= 4 is 33.0 Å². The molecule has 0 unspecified atom stereocenters. The predicted molar refractivity (Wildman–Crippen MR) is 93.6 cm³/mol. The fourth-order valence-corrected chi connectivity index (χ4v) is 3.22. The molecule has 2 aromatic rings. The van der Waals surface area contributed by atoms with Crippen LogP contribution in [0, 0.1) is 6.92 Å². The van der Waals surface area contributed by atoms with Gasteiger partial charge < -0.3 is 0 Å². The third-order valence-corrected chi connectivity index (χ3v) is 5.03. The molecule has 3 rings (SSSR count). The highest BCUT2D eigenvalue weighted by Crippen LogP contribution is 2.35. The lowest BCUT2D eigenvalue weighted by Crippen LogP contribution is -2.26. The number of primary sulfonamides is 1. The lowest BCUT2D eigenvalue weighted by Gasteiger charge is -2.07. The van der Waals surface area contributed by atoms with Gasteiger partial charge in [0.2, 0.25) is 10.0 Å². The minimum absolute atomic E-state index is 0.0566. The van der Waals surface area contributed by atoms with Gasteiger partial charge in [-0.05, 0) is 30.2 Å². The van der Waals surface area contributed by atoms with Gasteiger partial charge in [-0.3, -0.25) is 14.5 Å². The molecule has 0 spiro atoms. The fraction of sp³-hybridized carbons (Fsp3) is 0.111. The molecule has 0 bridgehead atoms. The van der Waals surface area contributed by atoms with Crippen LogP contribution in [0.5, 0.6) is 0 Å². The number of likely N-dealkylation sites (N-methyl/N-ethyl adjacent to an activating group) is 1. The minimum Gasteiger partial charge on any atom is -0.277 e. The number of rotatable bonds is 3. The summed E-state index contributed by atoms with van der Waals surface area (Å²) >= 11 is 0. The van der Waals surface area contributed by atoms with Crippen LogP contribution in [-0.4, -0.2) is 32.2 Å². The third-order valence-electron chi connectivity index (χ3n) is 4.10. The maximum Gasteiger partial charge on any atom is 0.261 e. The van der Waals surface area contributed by atoms with Gasteiger partial charge >= 0.3 is 0 Å². The van der Waals surface area contributed by atoms with Crippen LogP contribution in [0.2, 0.25) is 0 Å². The first-order valence-electron chi connectivity index (χ1n) is 7.47. The van der Waals surface area contributed by atoms with Gasteiger partial charge in [0.15, 0.2) is 0 Å². The molecule has 1 heterocycles. The Bertz CT molecular complexity index is 1000. The molecule has 7 heteroatoms. The molecule has 0 aliphatic carbocycles. The number of hydrogen-bond donors (Lipinski definition) is 1. The van der Waals surface area contributed by atoms with Crippen molar-refractivity contribution in [2.75, 3.05) is 7.05 Å². The Morgan fingerprint density at radius 1 is 0.800 bits per heavy atom. The first kappa shape index (κ1) is 17.1. The Balaban J connectivity index is 2.19. The molecular formula is C18H16N2O4S. The average molecular weight is 356 g/mol. The standard InChI is InChI=1S/C18H16N2O4S/c1-11-3-5-12(6-4-11)15-16(18(22)20(2)17(15)21)13-7-9-14(10-8-13)25(19,23)24/h3-10H,1-2H3,(H2,19,23,24). The molecule has 2 N–H and O–H groups in total. The zero-order valence-electron chi connectivity index (χ0n) is 13.7. The minimum atomic E-state index is -3.83. The first-order valence-corrected chi connectivity index (χ1v) is 9.01. The van der Waals surface area contributed by atoms with Crippen molar-refractivity contribution in [1.29, 1.82) is 0 Å². The van der Waals surface area contributed by atoms with Crippen LogP contribution >= 0.6 is 0 Å². The molecule has 0 aromatic heterocycles. The van der Waals surface area contributed by atoms with Crippen molar-refractivity contribution in [3.8, 4) is 0 Å². The van der Waals surface area contributed by atoms with Crippen LogP contribution in [-0.2, 0) is 19.6 Å². The number of sulfonamides is 1. The van der Waals surface area contributed by atoms with E-state index in [1.807, 2.05) is 19.1 Å². The molecule has 1 aliphatic heterocycles. The molecule has 0 saturated heterocycles. The van der Waals surface area contributed by atoms with E-state index in [1.165, 1.54) is 31.3 Å². The van der Waals surface area contributed by atoms with Gasteiger partial charge in [0.05, 0.1) is 16.0 Å². The van der Waals surface area contributed by atoms with E-state index in [0.717, 1.165) is 10.5 Å². The van der Waals surface area contributed by atoms with Crippen molar-refractivity contribution in [1.82, 2.24) is 4.90 Å². The van der Waals surface area contributed by atoms with Crippen LogP contribution in [0.4, 0.5) is 0 Å². The van der Waals surface area contributed by atoms with Gasteiger partial charge in [0, 0.05) is 7.05 Å². The number of carbonyl (C=O) groups is 2. The molecule has 1 aliphatic rings. The molecular weight excluding hydrogens is 340 g/mol. The molecule has 128 valence electrons. The van der Waals surface area contributed by atoms with Crippen LogP contribution in [0.15, 0.2) is 53.4 Å². The lowest BCUT2D eigenvalue weighted by atomic mass is 9.96. The summed E-state index contributed by atoms with van der Waals surface area (Å²) in [5.74, 6) is -0.816. The zero-order chi connectivity index (χ0) is 18.4. The van der Waals surface area contributed by atoms with Crippen molar-refractivity contribution in [2.24, 2.45) is 5.14 Å². The van der Waals surface area contributed by atoms with Crippen LogP contribution < -0.4 is 5.14 Å².